The first kappa shape index (κ1) is 12.6. The van der Waals surface area contributed by atoms with Crippen molar-refractivity contribution in [3.63, 3.8) is 0 Å². The highest BCUT2D eigenvalue weighted by atomic mass is 16.5. The molecule has 1 fully saturated rings. The maximum Gasteiger partial charge on any atom is 0.294 e. The van der Waals surface area contributed by atoms with Crippen LogP contribution in [0, 0.1) is 0 Å². The molecule has 2 rings (SSSR count). The zero-order valence-electron chi connectivity index (χ0n) is 10.7. The van der Waals surface area contributed by atoms with Crippen LogP contribution >= 0.6 is 0 Å². The molecule has 1 aliphatic heterocycles. The van der Waals surface area contributed by atoms with Gasteiger partial charge in [0.15, 0.2) is 0 Å². The summed E-state index contributed by atoms with van der Waals surface area (Å²) in [6.45, 7) is 4.52. The standard InChI is InChI=1S/C14H17NO3/c1-10(2)18-12-7-5-11(6-8-12)15-9-3-4-13(16)14(15)17/h5-8,10H,3-4,9H2,1-2H3. The molecule has 1 aliphatic rings. The summed E-state index contributed by atoms with van der Waals surface area (Å²) in [6.07, 6.45) is 1.22. The Morgan fingerprint density at radius 2 is 1.83 bits per heavy atom. The molecule has 0 radical (unpaired) electrons. The third-order valence-corrected chi connectivity index (χ3v) is 2.79. The van der Waals surface area contributed by atoms with Crippen LogP contribution in [0.4, 0.5) is 5.69 Å². The Hall–Kier alpha value is -1.84. The summed E-state index contributed by atoms with van der Waals surface area (Å²) in [7, 11) is 0. The fourth-order valence-corrected chi connectivity index (χ4v) is 1.98. The second-order valence-electron chi connectivity index (χ2n) is 4.64. The van der Waals surface area contributed by atoms with Gasteiger partial charge in [-0.2, -0.15) is 0 Å². The number of hydrogen-bond acceptors (Lipinski definition) is 3. The average Bonchev–Trinajstić information content (AvgIpc) is 2.33. The van der Waals surface area contributed by atoms with Gasteiger partial charge >= 0.3 is 0 Å². The summed E-state index contributed by atoms with van der Waals surface area (Å²) in [5, 5.41) is 0. The number of ketones is 1. The molecule has 0 unspecified atom stereocenters. The minimum absolute atomic E-state index is 0.119. The first-order valence-corrected chi connectivity index (χ1v) is 6.19. The number of anilines is 1. The van der Waals surface area contributed by atoms with E-state index in [4.69, 9.17) is 4.74 Å². The van der Waals surface area contributed by atoms with Crippen LogP contribution in [0.5, 0.6) is 5.75 Å². The van der Waals surface area contributed by atoms with E-state index in [1.54, 1.807) is 0 Å². The largest absolute Gasteiger partial charge is 0.491 e. The molecule has 0 bridgehead atoms. The number of amides is 1. The zero-order valence-corrected chi connectivity index (χ0v) is 10.7. The van der Waals surface area contributed by atoms with Crippen LogP contribution in [-0.2, 0) is 9.59 Å². The Balaban J connectivity index is 2.13. The van der Waals surface area contributed by atoms with Gasteiger partial charge in [0, 0.05) is 18.7 Å². The fraction of sp³-hybridized carbons (Fsp3) is 0.429. The van der Waals surface area contributed by atoms with Crippen LogP contribution in [-0.4, -0.2) is 24.3 Å². The van der Waals surface area contributed by atoms with Crippen LogP contribution in [0.1, 0.15) is 26.7 Å². The van der Waals surface area contributed by atoms with Crippen molar-refractivity contribution in [3.8, 4) is 5.75 Å². The minimum Gasteiger partial charge on any atom is -0.491 e. The molecule has 1 heterocycles. The predicted octanol–water partition coefficient (Wildman–Crippen LogP) is 2.17. The lowest BCUT2D eigenvalue weighted by atomic mass is 10.1. The van der Waals surface area contributed by atoms with E-state index in [0.717, 1.165) is 17.9 Å². The molecule has 0 N–H and O–H groups in total. The summed E-state index contributed by atoms with van der Waals surface area (Å²) >= 11 is 0. The highest BCUT2D eigenvalue weighted by molar-refractivity contribution is 6.41. The van der Waals surface area contributed by atoms with Gasteiger partial charge < -0.3 is 9.64 Å². The van der Waals surface area contributed by atoms with E-state index < -0.39 is 5.91 Å². The second kappa shape index (κ2) is 5.21. The molecule has 96 valence electrons. The van der Waals surface area contributed by atoms with Crippen LogP contribution in [0.25, 0.3) is 0 Å². The lowest BCUT2D eigenvalue weighted by Crippen LogP contribution is -2.41. The first-order valence-electron chi connectivity index (χ1n) is 6.19. The highest BCUT2D eigenvalue weighted by Gasteiger charge is 2.27. The zero-order chi connectivity index (χ0) is 13.1. The van der Waals surface area contributed by atoms with Gasteiger partial charge in [-0.05, 0) is 44.5 Å². The first-order chi connectivity index (χ1) is 8.58. The summed E-state index contributed by atoms with van der Waals surface area (Å²) < 4.78 is 5.53. The van der Waals surface area contributed by atoms with Gasteiger partial charge in [0.25, 0.3) is 5.91 Å². The van der Waals surface area contributed by atoms with E-state index >= 15 is 0 Å². The van der Waals surface area contributed by atoms with Gasteiger partial charge in [0.1, 0.15) is 5.75 Å². The van der Waals surface area contributed by atoms with Gasteiger partial charge in [0.2, 0.25) is 5.78 Å². The molecule has 0 spiro atoms. The van der Waals surface area contributed by atoms with Gasteiger partial charge in [-0.1, -0.05) is 0 Å². The molecule has 1 aromatic carbocycles. The molecular weight excluding hydrogens is 230 g/mol. The third-order valence-electron chi connectivity index (χ3n) is 2.79. The maximum atomic E-state index is 11.7. The summed E-state index contributed by atoms with van der Waals surface area (Å²) in [6, 6.07) is 7.27. The molecule has 4 heteroatoms. The number of benzene rings is 1. The van der Waals surface area contributed by atoms with Crippen molar-refractivity contribution in [1.82, 2.24) is 0 Å². The number of piperidine rings is 1. The molecule has 1 saturated heterocycles. The molecule has 1 aromatic rings. The molecular formula is C14H17NO3. The number of hydrogen-bond donors (Lipinski definition) is 0. The van der Waals surface area contributed by atoms with Crippen molar-refractivity contribution in [3.05, 3.63) is 24.3 Å². The number of ether oxygens (including phenoxy) is 1. The van der Waals surface area contributed by atoms with Crippen molar-refractivity contribution in [2.75, 3.05) is 11.4 Å². The Morgan fingerprint density at radius 1 is 1.17 bits per heavy atom. The van der Waals surface area contributed by atoms with E-state index in [2.05, 4.69) is 0 Å². The Bertz CT molecular complexity index is 451. The van der Waals surface area contributed by atoms with E-state index in [9.17, 15) is 9.59 Å². The van der Waals surface area contributed by atoms with Crippen molar-refractivity contribution >= 4 is 17.4 Å². The van der Waals surface area contributed by atoms with Crippen molar-refractivity contribution in [1.29, 1.82) is 0 Å². The molecule has 0 saturated carbocycles. The molecule has 0 atom stereocenters. The van der Waals surface area contributed by atoms with Crippen molar-refractivity contribution in [2.24, 2.45) is 0 Å². The van der Waals surface area contributed by atoms with E-state index in [0.29, 0.717) is 13.0 Å². The quantitative estimate of drug-likeness (QED) is 0.769. The third kappa shape index (κ3) is 2.70. The molecule has 0 aliphatic carbocycles. The molecule has 1 amide bonds. The Morgan fingerprint density at radius 3 is 2.44 bits per heavy atom. The minimum atomic E-state index is -0.404. The topological polar surface area (TPSA) is 46.6 Å². The van der Waals surface area contributed by atoms with Gasteiger partial charge in [-0.3, -0.25) is 9.59 Å². The second-order valence-corrected chi connectivity index (χ2v) is 4.64. The maximum absolute atomic E-state index is 11.7. The van der Waals surface area contributed by atoms with Crippen LogP contribution in [0.15, 0.2) is 24.3 Å². The lowest BCUT2D eigenvalue weighted by molar-refractivity contribution is -0.137. The van der Waals surface area contributed by atoms with Crippen LogP contribution in [0.2, 0.25) is 0 Å². The lowest BCUT2D eigenvalue weighted by Gasteiger charge is -2.25. The Kier molecular flexibility index (Phi) is 3.65. The van der Waals surface area contributed by atoms with E-state index in [1.807, 2.05) is 38.1 Å². The number of carbonyl (C=O) groups excluding carboxylic acids is 2. The van der Waals surface area contributed by atoms with Crippen molar-refractivity contribution in [2.45, 2.75) is 32.8 Å². The normalized spacial score (nSPS) is 16.3. The average molecular weight is 247 g/mol. The highest BCUT2D eigenvalue weighted by Crippen LogP contribution is 2.23. The number of rotatable bonds is 3. The number of Topliss-reactive ketones (excluding diaryl/α,β-unsaturated/α-hetero) is 1. The summed E-state index contributed by atoms with van der Waals surface area (Å²) in [4.78, 5) is 24.6. The summed E-state index contributed by atoms with van der Waals surface area (Å²) in [5.74, 6) is 0.0621. The monoisotopic (exact) mass is 247 g/mol. The Labute approximate surface area is 107 Å². The molecule has 4 nitrogen and oxygen atoms in total. The van der Waals surface area contributed by atoms with E-state index in [-0.39, 0.29) is 11.9 Å². The molecule has 0 aromatic heterocycles. The van der Waals surface area contributed by atoms with E-state index in [1.165, 1.54) is 4.90 Å². The van der Waals surface area contributed by atoms with Crippen LogP contribution in [0.3, 0.4) is 0 Å². The number of carbonyl (C=O) groups is 2. The fourth-order valence-electron chi connectivity index (χ4n) is 1.98. The molecule has 18 heavy (non-hydrogen) atoms. The van der Waals surface area contributed by atoms with Gasteiger partial charge in [-0.25, -0.2) is 0 Å². The summed E-state index contributed by atoms with van der Waals surface area (Å²) in [5.41, 5.74) is 0.754. The van der Waals surface area contributed by atoms with Crippen LogP contribution < -0.4 is 9.64 Å². The van der Waals surface area contributed by atoms with Gasteiger partial charge in [-0.15, -0.1) is 0 Å². The van der Waals surface area contributed by atoms with Gasteiger partial charge in [0.05, 0.1) is 6.10 Å². The SMILES string of the molecule is CC(C)Oc1ccc(N2CCCC(=O)C2=O)cc1. The van der Waals surface area contributed by atoms with Crippen molar-refractivity contribution < 1.29 is 14.3 Å². The smallest absolute Gasteiger partial charge is 0.294 e. The number of nitrogens with zero attached hydrogens (tertiary/aromatic N) is 1. The predicted molar refractivity (Wildman–Crippen MR) is 68.8 cm³/mol.